The normalized spacial score (nSPS) is 23.4. The van der Waals surface area contributed by atoms with Crippen LogP contribution in [0.2, 0.25) is 0 Å². The van der Waals surface area contributed by atoms with Crippen molar-refractivity contribution < 1.29 is 9.15 Å². The molecule has 1 aliphatic heterocycles. The molecule has 0 saturated carbocycles. The van der Waals surface area contributed by atoms with Gasteiger partial charge in [-0.3, -0.25) is 4.90 Å². The summed E-state index contributed by atoms with van der Waals surface area (Å²) >= 11 is 0. The Morgan fingerprint density at radius 3 is 2.90 bits per heavy atom. The van der Waals surface area contributed by atoms with Gasteiger partial charge in [0, 0.05) is 25.1 Å². The van der Waals surface area contributed by atoms with E-state index >= 15 is 0 Å². The van der Waals surface area contributed by atoms with E-state index in [0.29, 0.717) is 0 Å². The summed E-state index contributed by atoms with van der Waals surface area (Å²) in [7, 11) is 0. The number of furan rings is 1. The van der Waals surface area contributed by atoms with Crippen molar-refractivity contribution in [3.8, 4) is 0 Å². The number of nitrogens with zero attached hydrogens (tertiary/aromatic N) is 1. The molecule has 20 heavy (non-hydrogen) atoms. The van der Waals surface area contributed by atoms with Gasteiger partial charge in [-0.1, -0.05) is 13.8 Å². The SMILES string of the molecule is CCNCC1(CN(CC)Cc2ccco2)CCCOC1. The van der Waals surface area contributed by atoms with Crippen LogP contribution in [0.4, 0.5) is 0 Å². The lowest BCUT2D eigenvalue weighted by Gasteiger charge is -2.40. The third-order valence-corrected chi connectivity index (χ3v) is 4.12. The van der Waals surface area contributed by atoms with Crippen molar-refractivity contribution in [3.63, 3.8) is 0 Å². The van der Waals surface area contributed by atoms with E-state index in [9.17, 15) is 0 Å². The fraction of sp³-hybridized carbons (Fsp3) is 0.750. The molecule has 1 unspecified atom stereocenters. The van der Waals surface area contributed by atoms with Crippen molar-refractivity contribution >= 4 is 0 Å². The van der Waals surface area contributed by atoms with Crippen LogP contribution >= 0.6 is 0 Å². The first kappa shape index (κ1) is 15.5. The molecule has 1 aliphatic rings. The van der Waals surface area contributed by atoms with Gasteiger partial charge in [0.25, 0.3) is 0 Å². The first-order valence-corrected chi connectivity index (χ1v) is 7.81. The summed E-state index contributed by atoms with van der Waals surface area (Å²) in [6.07, 6.45) is 4.17. The summed E-state index contributed by atoms with van der Waals surface area (Å²) in [5, 5.41) is 3.52. The highest BCUT2D eigenvalue weighted by atomic mass is 16.5. The topological polar surface area (TPSA) is 37.6 Å². The monoisotopic (exact) mass is 280 g/mol. The Bertz CT molecular complexity index is 359. The molecule has 1 fully saturated rings. The van der Waals surface area contributed by atoms with E-state index in [0.717, 1.165) is 51.7 Å². The van der Waals surface area contributed by atoms with E-state index in [1.807, 2.05) is 6.07 Å². The van der Waals surface area contributed by atoms with Crippen molar-refractivity contribution in [2.45, 2.75) is 33.2 Å². The Hall–Kier alpha value is -0.840. The number of hydrogen-bond acceptors (Lipinski definition) is 4. The standard InChI is InChI=1S/C16H28N2O2/c1-3-17-12-16(8-6-9-19-14-16)13-18(4-2)11-15-7-5-10-20-15/h5,7,10,17H,3-4,6,8-9,11-14H2,1-2H3. The third-order valence-electron chi connectivity index (χ3n) is 4.12. The lowest BCUT2D eigenvalue weighted by Crippen LogP contribution is -2.48. The average Bonchev–Trinajstić information content (AvgIpc) is 2.98. The van der Waals surface area contributed by atoms with Gasteiger partial charge in [0.05, 0.1) is 19.4 Å². The minimum absolute atomic E-state index is 0.247. The molecule has 4 heteroatoms. The quantitative estimate of drug-likeness (QED) is 0.794. The van der Waals surface area contributed by atoms with Crippen molar-refractivity contribution in [1.82, 2.24) is 10.2 Å². The van der Waals surface area contributed by atoms with Crippen molar-refractivity contribution in [2.24, 2.45) is 5.41 Å². The van der Waals surface area contributed by atoms with E-state index in [-0.39, 0.29) is 5.41 Å². The van der Waals surface area contributed by atoms with Gasteiger partial charge in [0.2, 0.25) is 0 Å². The van der Waals surface area contributed by atoms with E-state index in [1.54, 1.807) is 6.26 Å². The number of ether oxygens (including phenoxy) is 1. The van der Waals surface area contributed by atoms with Crippen LogP contribution in [0.5, 0.6) is 0 Å². The minimum Gasteiger partial charge on any atom is -0.468 e. The Morgan fingerprint density at radius 1 is 1.40 bits per heavy atom. The molecule has 2 heterocycles. The summed E-state index contributed by atoms with van der Waals surface area (Å²) in [5.41, 5.74) is 0.247. The van der Waals surface area contributed by atoms with Crippen LogP contribution in [0, 0.1) is 5.41 Å². The first-order chi connectivity index (χ1) is 9.78. The highest BCUT2D eigenvalue weighted by molar-refractivity contribution is 4.98. The van der Waals surface area contributed by atoms with Crippen LogP contribution in [-0.2, 0) is 11.3 Å². The second-order valence-electron chi connectivity index (χ2n) is 5.82. The molecule has 0 bridgehead atoms. The largest absolute Gasteiger partial charge is 0.468 e. The number of nitrogens with one attached hydrogen (secondary N) is 1. The number of rotatable bonds is 8. The Labute approximate surface area is 122 Å². The highest BCUT2D eigenvalue weighted by Gasteiger charge is 2.34. The smallest absolute Gasteiger partial charge is 0.117 e. The molecule has 1 atom stereocenters. The van der Waals surface area contributed by atoms with E-state index < -0.39 is 0 Å². The lowest BCUT2D eigenvalue weighted by molar-refractivity contribution is -0.0273. The second-order valence-corrected chi connectivity index (χ2v) is 5.82. The Kier molecular flexibility index (Phi) is 6.07. The molecule has 2 rings (SSSR count). The van der Waals surface area contributed by atoms with Gasteiger partial charge in [-0.15, -0.1) is 0 Å². The fourth-order valence-electron chi connectivity index (χ4n) is 3.00. The second kappa shape index (κ2) is 7.81. The average molecular weight is 280 g/mol. The van der Waals surface area contributed by atoms with E-state index in [1.165, 1.54) is 12.8 Å². The molecule has 0 aromatic carbocycles. The van der Waals surface area contributed by atoms with Crippen molar-refractivity contribution in [1.29, 1.82) is 0 Å². The highest BCUT2D eigenvalue weighted by Crippen LogP contribution is 2.29. The van der Waals surface area contributed by atoms with Gasteiger partial charge in [0.15, 0.2) is 0 Å². The molecule has 0 radical (unpaired) electrons. The summed E-state index contributed by atoms with van der Waals surface area (Å²) in [6.45, 7) is 11.2. The Balaban J connectivity index is 1.96. The maximum absolute atomic E-state index is 5.77. The molecule has 4 nitrogen and oxygen atoms in total. The molecule has 1 N–H and O–H groups in total. The van der Waals surface area contributed by atoms with Gasteiger partial charge < -0.3 is 14.5 Å². The van der Waals surface area contributed by atoms with Crippen LogP contribution < -0.4 is 5.32 Å². The van der Waals surface area contributed by atoms with Gasteiger partial charge in [-0.05, 0) is 38.1 Å². The van der Waals surface area contributed by atoms with Crippen LogP contribution in [0.3, 0.4) is 0 Å². The molecule has 114 valence electrons. The molecule has 0 amide bonds. The molecule has 1 saturated heterocycles. The molecular weight excluding hydrogens is 252 g/mol. The summed E-state index contributed by atoms with van der Waals surface area (Å²) in [5.74, 6) is 1.04. The molecule has 0 spiro atoms. The van der Waals surface area contributed by atoms with Crippen LogP contribution in [0.25, 0.3) is 0 Å². The third kappa shape index (κ3) is 4.33. The van der Waals surface area contributed by atoms with Gasteiger partial charge >= 0.3 is 0 Å². The molecular formula is C16H28N2O2. The summed E-state index contributed by atoms with van der Waals surface area (Å²) in [6, 6.07) is 4.01. The van der Waals surface area contributed by atoms with Crippen molar-refractivity contribution in [2.75, 3.05) is 39.4 Å². The van der Waals surface area contributed by atoms with E-state index in [4.69, 9.17) is 9.15 Å². The van der Waals surface area contributed by atoms with Gasteiger partial charge in [-0.25, -0.2) is 0 Å². The lowest BCUT2D eigenvalue weighted by atomic mass is 9.81. The predicted octanol–water partition coefficient (Wildman–Crippen LogP) is 2.51. The van der Waals surface area contributed by atoms with Crippen LogP contribution in [-0.4, -0.2) is 44.3 Å². The predicted molar refractivity (Wildman–Crippen MR) is 80.7 cm³/mol. The molecule has 0 aliphatic carbocycles. The zero-order valence-electron chi connectivity index (χ0n) is 12.9. The first-order valence-electron chi connectivity index (χ1n) is 7.81. The fourth-order valence-corrected chi connectivity index (χ4v) is 3.00. The zero-order valence-corrected chi connectivity index (χ0v) is 12.9. The van der Waals surface area contributed by atoms with Crippen molar-refractivity contribution in [3.05, 3.63) is 24.2 Å². The van der Waals surface area contributed by atoms with Gasteiger partial charge in [-0.2, -0.15) is 0 Å². The van der Waals surface area contributed by atoms with Crippen LogP contribution in [0.1, 0.15) is 32.4 Å². The maximum Gasteiger partial charge on any atom is 0.117 e. The minimum atomic E-state index is 0.247. The molecule has 1 aromatic rings. The van der Waals surface area contributed by atoms with E-state index in [2.05, 4.69) is 30.1 Å². The summed E-state index contributed by atoms with van der Waals surface area (Å²) < 4.78 is 11.3. The summed E-state index contributed by atoms with van der Waals surface area (Å²) in [4.78, 5) is 2.46. The Morgan fingerprint density at radius 2 is 2.30 bits per heavy atom. The maximum atomic E-state index is 5.77. The number of hydrogen-bond donors (Lipinski definition) is 1. The zero-order chi connectivity index (χ0) is 14.3. The van der Waals surface area contributed by atoms with Crippen LogP contribution in [0.15, 0.2) is 22.8 Å². The molecule has 1 aromatic heterocycles. The van der Waals surface area contributed by atoms with Gasteiger partial charge in [0.1, 0.15) is 5.76 Å².